The zero-order valence-corrected chi connectivity index (χ0v) is 11.9. The van der Waals surface area contributed by atoms with Gasteiger partial charge in [0.2, 0.25) is 0 Å². The Labute approximate surface area is 111 Å². The molecular formula is C16H26O2. The molecule has 0 saturated heterocycles. The Morgan fingerprint density at radius 3 is 2.33 bits per heavy atom. The SMILES string of the molecule is CCCCC(C)(O)CCc1ccc(OCC)cc1. The number of aliphatic hydroxyl groups is 1. The van der Waals surface area contributed by atoms with Gasteiger partial charge in [0.05, 0.1) is 12.2 Å². The molecule has 0 spiro atoms. The standard InChI is InChI=1S/C16H26O2/c1-4-6-12-16(3,17)13-11-14-7-9-15(10-8-14)18-5-2/h7-10,17H,4-6,11-13H2,1-3H3. The molecule has 2 heteroatoms. The van der Waals surface area contributed by atoms with E-state index < -0.39 is 5.60 Å². The van der Waals surface area contributed by atoms with E-state index in [0.717, 1.165) is 37.9 Å². The largest absolute Gasteiger partial charge is 0.494 e. The summed E-state index contributed by atoms with van der Waals surface area (Å²) < 4.78 is 5.41. The molecule has 1 aromatic rings. The van der Waals surface area contributed by atoms with Gasteiger partial charge >= 0.3 is 0 Å². The maximum atomic E-state index is 10.2. The van der Waals surface area contributed by atoms with Gasteiger partial charge in [-0.05, 0) is 50.8 Å². The summed E-state index contributed by atoms with van der Waals surface area (Å²) in [5.41, 5.74) is 0.726. The van der Waals surface area contributed by atoms with E-state index in [9.17, 15) is 5.11 Å². The van der Waals surface area contributed by atoms with Crippen LogP contribution in [0.1, 0.15) is 52.0 Å². The highest BCUT2D eigenvalue weighted by Crippen LogP contribution is 2.21. The van der Waals surface area contributed by atoms with Gasteiger partial charge in [-0.25, -0.2) is 0 Å². The van der Waals surface area contributed by atoms with Crippen LogP contribution in [0.4, 0.5) is 0 Å². The summed E-state index contributed by atoms with van der Waals surface area (Å²) >= 11 is 0. The predicted octanol–water partition coefficient (Wildman–Crippen LogP) is 3.96. The molecule has 2 nitrogen and oxygen atoms in total. The lowest BCUT2D eigenvalue weighted by molar-refractivity contribution is 0.0401. The first-order chi connectivity index (χ1) is 8.57. The molecule has 1 unspecified atom stereocenters. The Bertz CT molecular complexity index is 327. The zero-order chi connectivity index (χ0) is 13.4. The smallest absolute Gasteiger partial charge is 0.119 e. The molecule has 18 heavy (non-hydrogen) atoms. The Kier molecular flexibility index (Phi) is 6.20. The molecule has 0 heterocycles. The minimum absolute atomic E-state index is 0.533. The van der Waals surface area contributed by atoms with Crippen LogP contribution in [0.5, 0.6) is 5.75 Å². The molecule has 0 aliphatic carbocycles. The number of aryl methyl sites for hydroxylation is 1. The summed E-state index contributed by atoms with van der Waals surface area (Å²) in [6, 6.07) is 8.17. The summed E-state index contributed by atoms with van der Waals surface area (Å²) in [5, 5.41) is 10.2. The molecular weight excluding hydrogens is 224 g/mol. The second-order valence-corrected chi connectivity index (χ2v) is 5.18. The van der Waals surface area contributed by atoms with E-state index in [-0.39, 0.29) is 0 Å². The molecule has 0 aliphatic rings. The average molecular weight is 250 g/mol. The van der Waals surface area contributed by atoms with Gasteiger partial charge < -0.3 is 9.84 Å². The van der Waals surface area contributed by atoms with Gasteiger partial charge in [0, 0.05) is 0 Å². The topological polar surface area (TPSA) is 29.5 Å². The second kappa shape index (κ2) is 7.42. The minimum atomic E-state index is -0.533. The van der Waals surface area contributed by atoms with E-state index in [1.54, 1.807) is 0 Å². The third-order valence-corrected chi connectivity index (χ3v) is 3.26. The van der Waals surface area contributed by atoms with Crippen LogP contribution >= 0.6 is 0 Å². The van der Waals surface area contributed by atoms with Gasteiger partial charge in [0.15, 0.2) is 0 Å². The minimum Gasteiger partial charge on any atom is -0.494 e. The quantitative estimate of drug-likeness (QED) is 0.756. The first-order valence-corrected chi connectivity index (χ1v) is 7.01. The lowest BCUT2D eigenvalue weighted by atomic mass is 9.92. The van der Waals surface area contributed by atoms with Gasteiger partial charge in [-0.1, -0.05) is 31.9 Å². The van der Waals surface area contributed by atoms with E-state index in [4.69, 9.17) is 4.74 Å². The van der Waals surface area contributed by atoms with Gasteiger partial charge in [0.25, 0.3) is 0 Å². The molecule has 0 bridgehead atoms. The highest BCUT2D eigenvalue weighted by molar-refractivity contribution is 5.27. The molecule has 0 aliphatic heterocycles. The monoisotopic (exact) mass is 250 g/mol. The summed E-state index contributed by atoms with van der Waals surface area (Å²) in [7, 11) is 0. The molecule has 0 fully saturated rings. The second-order valence-electron chi connectivity index (χ2n) is 5.18. The van der Waals surface area contributed by atoms with Crippen molar-refractivity contribution in [1.82, 2.24) is 0 Å². The highest BCUT2D eigenvalue weighted by atomic mass is 16.5. The van der Waals surface area contributed by atoms with Crippen molar-refractivity contribution >= 4 is 0 Å². The first kappa shape index (κ1) is 15.0. The van der Waals surface area contributed by atoms with Gasteiger partial charge in [0.1, 0.15) is 5.75 Å². The third kappa shape index (κ3) is 5.54. The Morgan fingerprint density at radius 1 is 1.11 bits per heavy atom. The zero-order valence-electron chi connectivity index (χ0n) is 11.9. The van der Waals surface area contributed by atoms with Crippen molar-refractivity contribution in [3.8, 4) is 5.75 Å². The van der Waals surface area contributed by atoms with Crippen LogP contribution in [0, 0.1) is 0 Å². The normalized spacial score (nSPS) is 14.2. The maximum Gasteiger partial charge on any atom is 0.119 e. The number of ether oxygens (including phenoxy) is 1. The van der Waals surface area contributed by atoms with Crippen molar-refractivity contribution in [3.05, 3.63) is 29.8 Å². The number of rotatable bonds is 8. The fraction of sp³-hybridized carbons (Fsp3) is 0.625. The molecule has 0 radical (unpaired) electrons. The van der Waals surface area contributed by atoms with E-state index in [1.807, 2.05) is 26.0 Å². The van der Waals surface area contributed by atoms with E-state index in [1.165, 1.54) is 5.56 Å². The Morgan fingerprint density at radius 2 is 1.78 bits per heavy atom. The fourth-order valence-corrected chi connectivity index (χ4v) is 2.02. The molecule has 0 amide bonds. The molecule has 1 N–H and O–H groups in total. The van der Waals surface area contributed by atoms with E-state index >= 15 is 0 Å². The van der Waals surface area contributed by atoms with Gasteiger partial charge in [-0.15, -0.1) is 0 Å². The first-order valence-electron chi connectivity index (χ1n) is 7.01. The van der Waals surface area contributed by atoms with Crippen LogP contribution in [-0.4, -0.2) is 17.3 Å². The van der Waals surface area contributed by atoms with Crippen LogP contribution < -0.4 is 4.74 Å². The molecule has 0 saturated carbocycles. The maximum absolute atomic E-state index is 10.2. The van der Waals surface area contributed by atoms with Crippen molar-refractivity contribution in [2.24, 2.45) is 0 Å². The lowest BCUT2D eigenvalue weighted by Gasteiger charge is -2.23. The molecule has 1 rings (SSSR count). The van der Waals surface area contributed by atoms with Gasteiger partial charge in [-0.2, -0.15) is 0 Å². The lowest BCUT2D eigenvalue weighted by Crippen LogP contribution is -2.24. The van der Waals surface area contributed by atoms with E-state index in [0.29, 0.717) is 6.61 Å². The van der Waals surface area contributed by atoms with Crippen molar-refractivity contribution in [1.29, 1.82) is 0 Å². The molecule has 1 atom stereocenters. The van der Waals surface area contributed by atoms with Crippen LogP contribution in [0.15, 0.2) is 24.3 Å². The Balaban J connectivity index is 2.42. The fourth-order valence-electron chi connectivity index (χ4n) is 2.02. The summed E-state index contributed by atoms with van der Waals surface area (Å²) in [5.74, 6) is 0.916. The van der Waals surface area contributed by atoms with Crippen molar-refractivity contribution in [2.75, 3.05) is 6.61 Å². The highest BCUT2D eigenvalue weighted by Gasteiger charge is 2.18. The molecule has 1 aromatic carbocycles. The van der Waals surface area contributed by atoms with E-state index in [2.05, 4.69) is 19.1 Å². The van der Waals surface area contributed by atoms with Crippen molar-refractivity contribution in [3.63, 3.8) is 0 Å². The van der Waals surface area contributed by atoms with Crippen LogP contribution in [0.2, 0.25) is 0 Å². The molecule has 102 valence electrons. The predicted molar refractivity (Wildman–Crippen MR) is 76.1 cm³/mol. The summed E-state index contributed by atoms with van der Waals surface area (Å²) in [4.78, 5) is 0. The van der Waals surface area contributed by atoms with Gasteiger partial charge in [-0.3, -0.25) is 0 Å². The Hall–Kier alpha value is -1.02. The average Bonchev–Trinajstić information content (AvgIpc) is 2.36. The molecule has 0 aromatic heterocycles. The number of benzene rings is 1. The van der Waals surface area contributed by atoms with Crippen LogP contribution in [-0.2, 0) is 6.42 Å². The van der Waals surface area contributed by atoms with Crippen LogP contribution in [0.3, 0.4) is 0 Å². The van der Waals surface area contributed by atoms with Crippen molar-refractivity contribution < 1.29 is 9.84 Å². The number of hydrogen-bond acceptors (Lipinski definition) is 2. The third-order valence-electron chi connectivity index (χ3n) is 3.26. The number of hydrogen-bond donors (Lipinski definition) is 1. The van der Waals surface area contributed by atoms with Crippen LogP contribution in [0.25, 0.3) is 0 Å². The summed E-state index contributed by atoms with van der Waals surface area (Å²) in [6.07, 6.45) is 4.86. The summed E-state index contributed by atoms with van der Waals surface area (Å²) in [6.45, 7) is 6.78. The van der Waals surface area contributed by atoms with Crippen molar-refractivity contribution in [2.45, 2.75) is 58.5 Å². The number of unbranched alkanes of at least 4 members (excludes halogenated alkanes) is 1.